The summed E-state index contributed by atoms with van der Waals surface area (Å²) in [6.45, 7) is 1.88. The second-order valence-electron chi connectivity index (χ2n) is 5.03. The second kappa shape index (κ2) is 7.98. The zero-order valence-corrected chi connectivity index (χ0v) is 13.2. The van der Waals surface area contributed by atoms with Gasteiger partial charge in [0.05, 0.1) is 12.7 Å². The van der Waals surface area contributed by atoms with E-state index in [1.54, 1.807) is 25.3 Å². The van der Waals surface area contributed by atoms with Gasteiger partial charge in [0.1, 0.15) is 5.75 Å². The fraction of sp³-hybridized carbons (Fsp3) is 0.222. The first-order valence-electron chi connectivity index (χ1n) is 7.22. The summed E-state index contributed by atoms with van der Waals surface area (Å²) in [5.74, 6) is -0.178. The molecule has 0 spiro atoms. The van der Waals surface area contributed by atoms with Gasteiger partial charge in [0.15, 0.2) is 6.61 Å². The zero-order chi connectivity index (χ0) is 16.7. The molecule has 0 aliphatic heterocycles. The fourth-order valence-electron chi connectivity index (χ4n) is 2.08. The number of carbonyl (C=O) groups excluding carboxylic acids is 2. The van der Waals surface area contributed by atoms with Crippen molar-refractivity contribution in [2.45, 2.75) is 13.5 Å². The number of methoxy groups -OCH3 is 1. The molecule has 0 atom stereocenters. The normalized spacial score (nSPS) is 10.0. The number of ether oxygens (including phenoxy) is 2. The Labute approximate surface area is 135 Å². The highest BCUT2D eigenvalue weighted by Crippen LogP contribution is 2.16. The number of amides is 1. The highest BCUT2D eigenvalue weighted by Gasteiger charge is 2.10. The van der Waals surface area contributed by atoms with Crippen LogP contribution < -0.4 is 10.1 Å². The summed E-state index contributed by atoms with van der Waals surface area (Å²) in [4.78, 5) is 23.6. The number of esters is 1. The lowest BCUT2D eigenvalue weighted by Crippen LogP contribution is -2.28. The van der Waals surface area contributed by atoms with Crippen LogP contribution >= 0.6 is 0 Å². The number of para-hydroxylation sites is 1. The van der Waals surface area contributed by atoms with Gasteiger partial charge in [-0.2, -0.15) is 0 Å². The number of nitrogens with one attached hydrogen (secondary N) is 1. The number of hydrogen-bond acceptors (Lipinski definition) is 4. The van der Waals surface area contributed by atoms with Gasteiger partial charge in [-0.15, -0.1) is 0 Å². The number of carbonyl (C=O) groups is 2. The van der Waals surface area contributed by atoms with Gasteiger partial charge < -0.3 is 14.8 Å². The molecule has 0 bridgehead atoms. The van der Waals surface area contributed by atoms with E-state index in [9.17, 15) is 9.59 Å². The monoisotopic (exact) mass is 313 g/mol. The van der Waals surface area contributed by atoms with E-state index in [-0.39, 0.29) is 12.5 Å². The van der Waals surface area contributed by atoms with E-state index >= 15 is 0 Å². The fourth-order valence-corrected chi connectivity index (χ4v) is 2.08. The van der Waals surface area contributed by atoms with Gasteiger partial charge in [-0.3, -0.25) is 4.79 Å². The van der Waals surface area contributed by atoms with E-state index in [0.717, 1.165) is 11.1 Å². The van der Waals surface area contributed by atoms with Gasteiger partial charge >= 0.3 is 5.97 Å². The molecule has 23 heavy (non-hydrogen) atoms. The first kappa shape index (κ1) is 16.5. The molecule has 2 aromatic rings. The highest BCUT2D eigenvalue weighted by molar-refractivity contribution is 5.91. The molecule has 2 aromatic carbocycles. The number of aryl methyl sites for hydroxylation is 1. The highest BCUT2D eigenvalue weighted by atomic mass is 16.5. The van der Waals surface area contributed by atoms with Gasteiger partial charge in [-0.1, -0.05) is 35.9 Å². The van der Waals surface area contributed by atoms with Crippen LogP contribution in [0.1, 0.15) is 21.5 Å². The van der Waals surface area contributed by atoms with Crippen molar-refractivity contribution in [1.29, 1.82) is 0 Å². The van der Waals surface area contributed by atoms with E-state index in [1.165, 1.54) is 0 Å². The summed E-state index contributed by atoms with van der Waals surface area (Å²) in [7, 11) is 1.57. The van der Waals surface area contributed by atoms with Crippen LogP contribution in [0.5, 0.6) is 5.75 Å². The van der Waals surface area contributed by atoms with Gasteiger partial charge in [0, 0.05) is 12.1 Å². The maximum atomic E-state index is 11.9. The number of benzene rings is 2. The van der Waals surface area contributed by atoms with Gasteiger partial charge in [-0.05, 0) is 25.1 Å². The molecule has 1 amide bonds. The summed E-state index contributed by atoms with van der Waals surface area (Å²) in [5, 5.41) is 2.70. The topological polar surface area (TPSA) is 64.6 Å². The Morgan fingerprint density at radius 1 is 1.09 bits per heavy atom. The lowest BCUT2D eigenvalue weighted by atomic mass is 10.1. The van der Waals surface area contributed by atoms with E-state index in [4.69, 9.17) is 9.47 Å². The molecular formula is C18H19NO4. The molecule has 1 N–H and O–H groups in total. The first-order valence-corrected chi connectivity index (χ1v) is 7.22. The minimum atomic E-state index is -0.513. The van der Waals surface area contributed by atoms with Gasteiger partial charge in [0.2, 0.25) is 0 Å². The average Bonchev–Trinajstić information content (AvgIpc) is 2.58. The minimum Gasteiger partial charge on any atom is -0.496 e. The summed E-state index contributed by atoms with van der Waals surface area (Å²) in [5.41, 5.74) is 2.25. The molecule has 0 aliphatic carbocycles. The molecule has 0 radical (unpaired) electrons. The van der Waals surface area contributed by atoms with Crippen molar-refractivity contribution in [3.63, 3.8) is 0 Å². The van der Waals surface area contributed by atoms with Crippen molar-refractivity contribution < 1.29 is 19.1 Å². The molecule has 5 heteroatoms. The van der Waals surface area contributed by atoms with Crippen LogP contribution in [0.4, 0.5) is 0 Å². The molecule has 0 saturated heterocycles. The quantitative estimate of drug-likeness (QED) is 0.832. The summed E-state index contributed by atoms with van der Waals surface area (Å²) >= 11 is 0. The SMILES string of the molecule is COc1ccccc1CNC(=O)COC(=O)c1cccc(C)c1. The third-order valence-electron chi connectivity index (χ3n) is 3.26. The Kier molecular flexibility index (Phi) is 5.74. The van der Waals surface area contributed by atoms with Crippen LogP contribution in [0.15, 0.2) is 48.5 Å². The van der Waals surface area contributed by atoms with Gasteiger partial charge in [0.25, 0.3) is 5.91 Å². The molecule has 120 valence electrons. The summed E-state index contributed by atoms with van der Waals surface area (Å²) < 4.78 is 10.2. The van der Waals surface area contributed by atoms with Crippen LogP contribution in [0.2, 0.25) is 0 Å². The standard InChI is InChI=1S/C18H19NO4/c1-13-6-5-8-14(10-13)18(21)23-12-17(20)19-11-15-7-3-4-9-16(15)22-2/h3-10H,11-12H2,1-2H3,(H,19,20). The molecule has 0 fully saturated rings. The molecule has 0 aromatic heterocycles. The Balaban J connectivity index is 1.82. The van der Waals surface area contributed by atoms with Crippen molar-refractivity contribution >= 4 is 11.9 Å². The number of rotatable bonds is 6. The third kappa shape index (κ3) is 4.85. The van der Waals surface area contributed by atoms with E-state index in [0.29, 0.717) is 17.9 Å². The smallest absolute Gasteiger partial charge is 0.338 e. The van der Waals surface area contributed by atoms with Crippen LogP contribution in [-0.2, 0) is 16.1 Å². The van der Waals surface area contributed by atoms with Gasteiger partial charge in [-0.25, -0.2) is 4.79 Å². The molecule has 2 rings (SSSR count). The third-order valence-corrected chi connectivity index (χ3v) is 3.26. The maximum absolute atomic E-state index is 11.9. The molecule has 5 nitrogen and oxygen atoms in total. The van der Waals surface area contributed by atoms with Crippen molar-refractivity contribution in [3.05, 3.63) is 65.2 Å². The zero-order valence-electron chi connectivity index (χ0n) is 13.2. The molecule has 0 heterocycles. The van der Waals surface area contributed by atoms with Crippen molar-refractivity contribution in [3.8, 4) is 5.75 Å². The molecule has 0 saturated carbocycles. The molecular weight excluding hydrogens is 294 g/mol. The van der Waals surface area contributed by atoms with Crippen LogP contribution in [0.25, 0.3) is 0 Å². The summed E-state index contributed by atoms with van der Waals surface area (Å²) in [6, 6.07) is 14.4. The first-order chi connectivity index (χ1) is 11.1. The average molecular weight is 313 g/mol. The van der Waals surface area contributed by atoms with Crippen LogP contribution in [0, 0.1) is 6.92 Å². The van der Waals surface area contributed by atoms with E-state index in [2.05, 4.69) is 5.32 Å². The molecule has 0 unspecified atom stereocenters. The minimum absolute atomic E-state index is 0.310. The van der Waals surface area contributed by atoms with Crippen molar-refractivity contribution in [2.24, 2.45) is 0 Å². The van der Waals surface area contributed by atoms with Crippen molar-refractivity contribution in [1.82, 2.24) is 5.32 Å². The van der Waals surface area contributed by atoms with E-state index < -0.39 is 5.97 Å². The predicted molar refractivity (Wildman–Crippen MR) is 86.3 cm³/mol. The summed E-state index contributed by atoms with van der Waals surface area (Å²) in [6.07, 6.45) is 0. The largest absolute Gasteiger partial charge is 0.496 e. The lowest BCUT2D eigenvalue weighted by Gasteiger charge is -2.10. The Bertz CT molecular complexity index is 697. The van der Waals surface area contributed by atoms with Crippen LogP contribution in [-0.4, -0.2) is 25.6 Å². The lowest BCUT2D eigenvalue weighted by molar-refractivity contribution is -0.124. The maximum Gasteiger partial charge on any atom is 0.338 e. The van der Waals surface area contributed by atoms with Crippen LogP contribution in [0.3, 0.4) is 0 Å². The Hall–Kier alpha value is -2.82. The molecule has 0 aliphatic rings. The van der Waals surface area contributed by atoms with Crippen molar-refractivity contribution in [2.75, 3.05) is 13.7 Å². The predicted octanol–water partition coefficient (Wildman–Crippen LogP) is 2.48. The Morgan fingerprint density at radius 2 is 1.87 bits per heavy atom. The Morgan fingerprint density at radius 3 is 2.61 bits per heavy atom. The number of hydrogen-bond donors (Lipinski definition) is 1. The second-order valence-corrected chi connectivity index (χ2v) is 5.03. The van der Waals surface area contributed by atoms with E-state index in [1.807, 2.05) is 37.3 Å².